The Morgan fingerprint density at radius 3 is 2.67 bits per heavy atom. The van der Waals surface area contributed by atoms with E-state index < -0.39 is 5.91 Å². The highest BCUT2D eigenvalue weighted by atomic mass is 79.9. The van der Waals surface area contributed by atoms with E-state index in [0.717, 1.165) is 10.0 Å². The lowest BCUT2D eigenvalue weighted by molar-refractivity contribution is -0.112. The summed E-state index contributed by atoms with van der Waals surface area (Å²) in [4.78, 5) is 12.4. The largest absolute Gasteiger partial charge is 0.497 e. The lowest BCUT2D eigenvalue weighted by Gasteiger charge is -2.06. The van der Waals surface area contributed by atoms with Crippen molar-refractivity contribution in [1.82, 2.24) is 0 Å². The molecule has 0 saturated heterocycles. The smallest absolute Gasteiger partial charge is 0.266 e. The molecule has 0 saturated carbocycles. The van der Waals surface area contributed by atoms with Crippen LogP contribution < -0.4 is 10.1 Å². The summed E-state index contributed by atoms with van der Waals surface area (Å²) in [5.74, 6) is 1.16. The maximum atomic E-state index is 12.4. The van der Waals surface area contributed by atoms with Crippen LogP contribution in [0.4, 0.5) is 5.69 Å². The van der Waals surface area contributed by atoms with E-state index in [1.165, 1.54) is 6.08 Å². The summed E-state index contributed by atoms with van der Waals surface area (Å²) in [6, 6.07) is 20.0. The first-order chi connectivity index (χ1) is 13.1. The summed E-state index contributed by atoms with van der Waals surface area (Å²) < 4.78 is 11.8. The molecular formula is C21H15BrN2O3. The molecule has 2 aromatic carbocycles. The zero-order chi connectivity index (χ0) is 19.2. The maximum absolute atomic E-state index is 12.4. The van der Waals surface area contributed by atoms with E-state index in [4.69, 9.17) is 9.15 Å². The molecule has 0 atom stereocenters. The van der Waals surface area contributed by atoms with E-state index in [1.807, 2.05) is 30.3 Å². The minimum Gasteiger partial charge on any atom is -0.497 e. The number of amides is 1. The molecule has 5 nitrogen and oxygen atoms in total. The molecule has 0 radical (unpaired) electrons. The molecular weight excluding hydrogens is 408 g/mol. The number of anilines is 1. The van der Waals surface area contributed by atoms with Crippen molar-refractivity contribution in [2.45, 2.75) is 0 Å². The van der Waals surface area contributed by atoms with E-state index in [-0.39, 0.29) is 5.57 Å². The van der Waals surface area contributed by atoms with Crippen molar-refractivity contribution >= 4 is 33.6 Å². The minimum atomic E-state index is -0.521. The second kappa shape index (κ2) is 8.39. The van der Waals surface area contributed by atoms with E-state index in [2.05, 4.69) is 21.2 Å². The van der Waals surface area contributed by atoms with Gasteiger partial charge >= 0.3 is 0 Å². The van der Waals surface area contributed by atoms with Crippen LogP contribution in [0.1, 0.15) is 5.76 Å². The molecule has 1 heterocycles. The molecule has 0 bridgehead atoms. The number of furan rings is 1. The van der Waals surface area contributed by atoms with Gasteiger partial charge in [0.25, 0.3) is 5.91 Å². The Hall–Kier alpha value is -3.30. The lowest BCUT2D eigenvalue weighted by atomic mass is 10.2. The van der Waals surface area contributed by atoms with Crippen LogP contribution in [-0.4, -0.2) is 13.0 Å². The number of methoxy groups -OCH3 is 1. The van der Waals surface area contributed by atoms with Crippen molar-refractivity contribution < 1.29 is 13.9 Å². The number of benzene rings is 2. The average Bonchev–Trinajstić information content (AvgIpc) is 3.15. The molecule has 1 aromatic heterocycles. The molecule has 0 unspecified atom stereocenters. The second-order valence-corrected chi connectivity index (χ2v) is 6.48. The fourth-order valence-corrected chi connectivity index (χ4v) is 2.65. The van der Waals surface area contributed by atoms with Crippen molar-refractivity contribution in [3.8, 4) is 23.1 Å². The number of rotatable bonds is 5. The number of carbonyl (C=O) groups is 1. The second-order valence-electron chi connectivity index (χ2n) is 5.56. The van der Waals surface area contributed by atoms with Crippen molar-refractivity contribution in [3.63, 3.8) is 0 Å². The first kappa shape index (κ1) is 18.5. The fraction of sp³-hybridized carbons (Fsp3) is 0.0476. The van der Waals surface area contributed by atoms with E-state index >= 15 is 0 Å². The van der Waals surface area contributed by atoms with Gasteiger partial charge in [-0.3, -0.25) is 4.79 Å². The summed E-state index contributed by atoms with van der Waals surface area (Å²) in [7, 11) is 1.54. The Balaban J connectivity index is 1.78. The molecule has 0 spiro atoms. The fourth-order valence-electron chi connectivity index (χ4n) is 2.39. The molecule has 3 rings (SSSR count). The highest BCUT2D eigenvalue weighted by molar-refractivity contribution is 9.10. The third-order valence-corrected chi connectivity index (χ3v) is 4.26. The topological polar surface area (TPSA) is 75.3 Å². The Kier molecular flexibility index (Phi) is 5.74. The van der Waals surface area contributed by atoms with Gasteiger partial charge in [-0.25, -0.2) is 0 Å². The van der Waals surface area contributed by atoms with Gasteiger partial charge in [0.05, 0.1) is 7.11 Å². The number of halogens is 1. The molecule has 3 aromatic rings. The highest BCUT2D eigenvalue weighted by Gasteiger charge is 2.12. The third kappa shape index (κ3) is 4.66. The standard InChI is InChI=1S/C21H15BrN2O3/c1-26-18-4-2-3-17(12-18)24-21(25)15(13-23)11-19-9-10-20(27-19)14-5-7-16(22)8-6-14/h2-12H,1H3,(H,24,25)/b15-11+. The Morgan fingerprint density at radius 1 is 1.19 bits per heavy atom. The summed E-state index contributed by atoms with van der Waals surface area (Å²) in [5.41, 5.74) is 1.38. The number of hydrogen-bond acceptors (Lipinski definition) is 4. The van der Waals surface area contributed by atoms with Crippen LogP contribution in [0.25, 0.3) is 17.4 Å². The zero-order valence-corrected chi connectivity index (χ0v) is 16.0. The van der Waals surface area contributed by atoms with Gasteiger partial charge in [0, 0.05) is 27.9 Å². The van der Waals surface area contributed by atoms with Crippen LogP contribution in [-0.2, 0) is 4.79 Å². The Bertz CT molecular complexity index is 1030. The molecule has 0 fully saturated rings. The number of ether oxygens (including phenoxy) is 1. The summed E-state index contributed by atoms with van der Waals surface area (Å²) >= 11 is 3.39. The van der Waals surface area contributed by atoms with Gasteiger partial charge in [-0.2, -0.15) is 5.26 Å². The molecule has 0 aliphatic carbocycles. The molecule has 27 heavy (non-hydrogen) atoms. The predicted molar refractivity (Wildman–Crippen MR) is 107 cm³/mol. The molecule has 1 amide bonds. The maximum Gasteiger partial charge on any atom is 0.266 e. The molecule has 1 N–H and O–H groups in total. The van der Waals surface area contributed by atoms with Crippen molar-refractivity contribution in [2.24, 2.45) is 0 Å². The van der Waals surface area contributed by atoms with Crippen LogP contribution in [0.2, 0.25) is 0 Å². The summed E-state index contributed by atoms with van der Waals surface area (Å²) in [5, 5.41) is 12.0. The summed E-state index contributed by atoms with van der Waals surface area (Å²) in [6.45, 7) is 0. The number of nitrogens with zero attached hydrogens (tertiary/aromatic N) is 1. The van der Waals surface area contributed by atoms with Crippen molar-refractivity contribution in [3.05, 3.63) is 76.5 Å². The van der Waals surface area contributed by atoms with Gasteiger partial charge in [-0.05, 0) is 36.4 Å². The predicted octanol–water partition coefficient (Wildman–Crippen LogP) is 5.26. The first-order valence-electron chi connectivity index (χ1n) is 8.02. The Labute approximate surface area is 165 Å². The number of hydrogen-bond donors (Lipinski definition) is 1. The normalized spacial score (nSPS) is 10.9. The molecule has 6 heteroatoms. The SMILES string of the molecule is COc1cccc(NC(=O)/C(C#N)=C/c2ccc(-c3ccc(Br)cc3)o2)c1. The highest BCUT2D eigenvalue weighted by Crippen LogP contribution is 2.25. The molecule has 0 aliphatic heterocycles. The van der Waals surface area contributed by atoms with Crippen LogP contribution in [0.15, 0.2) is 75.1 Å². The van der Waals surface area contributed by atoms with Crippen molar-refractivity contribution in [1.29, 1.82) is 5.26 Å². The van der Waals surface area contributed by atoms with E-state index in [0.29, 0.717) is 23.0 Å². The van der Waals surface area contributed by atoms with Crippen molar-refractivity contribution in [2.75, 3.05) is 12.4 Å². The van der Waals surface area contributed by atoms with E-state index in [9.17, 15) is 10.1 Å². The minimum absolute atomic E-state index is 0.0606. The van der Waals surface area contributed by atoms with Gasteiger partial charge in [0.15, 0.2) is 0 Å². The van der Waals surface area contributed by atoms with Crippen LogP contribution in [0, 0.1) is 11.3 Å². The number of nitrogens with one attached hydrogen (secondary N) is 1. The lowest BCUT2D eigenvalue weighted by Crippen LogP contribution is -2.13. The third-order valence-electron chi connectivity index (χ3n) is 3.73. The average molecular weight is 423 g/mol. The molecule has 0 aliphatic rings. The van der Waals surface area contributed by atoms with Crippen LogP contribution in [0.5, 0.6) is 5.75 Å². The zero-order valence-electron chi connectivity index (χ0n) is 14.4. The van der Waals surface area contributed by atoms with Gasteiger partial charge in [-0.1, -0.05) is 34.1 Å². The molecule has 134 valence electrons. The monoisotopic (exact) mass is 422 g/mol. The van der Waals surface area contributed by atoms with Crippen LogP contribution in [0.3, 0.4) is 0 Å². The van der Waals surface area contributed by atoms with Gasteiger partial charge in [0.1, 0.15) is 28.9 Å². The summed E-state index contributed by atoms with van der Waals surface area (Å²) in [6.07, 6.45) is 1.41. The first-order valence-corrected chi connectivity index (χ1v) is 8.81. The van der Waals surface area contributed by atoms with Crippen LogP contribution >= 0.6 is 15.9 Å². The van der Waals surface area contributed by atoms with Gasteiger partial charge < -0.3 is 14.5 Å². The quantitative estimate of drug-likeness (QED) is 0.449. The number of carbonyl (C=O) groups excluding carboxylic acids is 1. The van der Waals surface area contributed by atoms with Gasteiger partial charge in [-0.15, -0.1) is 0 Å². The van der Waals surface area contributed by atoms with E-state index in [1.54, 1.807) is 43.5 Å². The van der Waals surface area contributed by atoms with Gasteiger partial charge in [0.2, 0.25) is 0 Å². The number of nitriles is 1. The Morgan fingerprint density at radius 2 is 1.96 bits per heavy atom.